The van der Waals surface area contributed by atoms with Gasteiger partial charge < -0.3 is 14.5 Å². The van der Waals surface area contributed by atoms with E-state index in [1.54, 1.807) is 24.3 Å². The smallest absolute Gasteiger partial charge is 0.338 e. The van der Waals surface area contributed by atoms with Gasteiger partial charge in [-0.25, -0.2) is 17.9 Å². The average Bonchev–Trinajstić information content (AvgIpc) is 3.38. The van der Waals surface area contributed by atoms with Crippen molar-refractivity contribution in [1.82, 2.24) is 10.0 Å². The summed E-state index contributed by atoms with van der Waals surface area (Å²) in [4.78, 5) is 24.6. The lowest BCUT2D eigenvalue weighted by molar-refractivity contribution is -0.124. The predicted molar refractivity (Wildman–Crippen MR) is 137 cm³/mol. The van der Waals surface area contributed by atoms with Gasteiger partial charge in [-0.3, -0.25) is 4.79 Å². The lowest BCUT2D eigenvalue weighted by Gasteiger charge is -2.19. The third-order valence-electron chi connectivity index (χ3n) is 5.34. The Balaban J connectivity index is 1.50. The maximum absolute atomic E-state index is 12.4. The standard InChI is InChI=1S/C25H26Cl2N2O6S/c1-2-4-18(22-11-8-19(26)13-23(22)27)14-28-24(30)16-35-25(31)17-6-9-21(10-7-17)36(32,33)29-15-20-5-3-12-34-20/h3,5-13,18,29H,2,4,14-16H2,1H3,(H,28,30). The zero-order chi connectivity index (χ0) is 26.1. The molecule has 0 saturated heterocycles. The van der Waals surface area contributed by atoms with Gasteiger partial charge in [0.25, 0.3) is 5.91 Å². The first-order valence-corrected chi connectivity index (χ1v) is 13.4. The molecule has 11 heteroatoms. The van der Waals surface area contributed by atoms with E-state index in [4.69, 9.17) is 32.4 Å². The summed E-state index contributed by atoms with van der Waals surface area (Å²) in [5.41, 5.74) is 0.999. The minimum Gasteiger partial charge on any atom is -0.468 e. The number of hydrogen-bond acceptors (Lipinski definition) is 6. The molecule has 8 nitrogen and oxygen atoms in total. The quantitative estimate of drug-likeness (QED) is 0.308. The molecule has 3 aromatic rings. The van der Waals surface area contributed by atoms with Crippen LogP contribution in [-0.4, -0.2) is 33.4 Å². The minimum atomic E-state index is -3.80. The molecule has 0 saturated carbocycles. The molecule has 0 radical (unpaired) electrons. The first-order chi connectivity index (χ1) is 17.2. The van der Waals surface area contributed by atoms with Crippen molar-refractivity contribution in [2.75, 3.05) is 13.2 Å². The Morgan fingerprint density at radius 1 is 1.08 bits per heavy atom. The number of esters is 1. The van der Waals surface area contributed by atoms with Gasteiger partial charge in [-0.15, -0.1) is 0 Å². The molecule has 0 spiro atoms. The molecular formula is C25H26Cl2N2O6S. The molecule has 2 N–H and O–H groups in total. The molecule has 0 aliphatic rings. The number of rotatable bonds is 12. The highest BCUT2D eigenvalue weighted by molar-refractivity contribution is 7.89. The molecule has 3 rings (SSSR count). The third-order valence-corrected chi connectivity index (χ3v) is 7.32. The zero-order valence-corrected chi connectivity index (χ0v) is 21.8. The number of ether oxygens (including phenoxy) is 1. The number of nitrogens with one attached hydrogen (secondary N) is 2. The van der Waals surface area contributed by atoms with Crippen molar-refractivity contribution < 1.29 is 27.2 Å². The maximum Gasteiger partial charge on any atom is 0.338 e. The van der Waals surface area contributed by atoms with Crippen molar-refractivity contribution >= 4 is 45.1 Å². The van der Waals surface area contributed by atoms with Crippen LogP contribution in [-0.2, 0) is 26.1 Å². The van der Waals surface area contributed by atoms with E-state index in [9.17, 15) is 18.0 Å². The van der Waals surface area contributed by atoms with Gasteiger partial charge in [0.15, 0.2) is 6.61 Å². The summed E-state index contributed by atoms with van der Waals surface area (Å²) in [6.45, 7) is 1.88. The second-order valence-corrected chi connectivity index (χ2v) is 10.6. The fourth-order valence-electron chi connectivity index (χ4n) is 3.48. The molecular weight excluding hydrogens is 527 g/mol. The van der Waals surface area contributed by atoms with Crippen LogP contribution < -0.4 is 10.0 Å². The number of benzene rings is 2. The van der Waals surface area contributed by atoms with Crippen molar-refractivity contribution in [3.05, 3.63) is 87.8 Å². The molecule has 1 amide bonds. The average molecular weight is 553 g/mol. The van der Waals surface area contributed by atoms with Gasteiger partial charge in [0.1, 0.15) is 5.76 Å². The first kappa shape index (κ1) is 27.7. The van der Waals surface area contributed by atoms with Crippen LogP contribution in [0.15, 0.2) is 70.2 Å². The van der Waals surface area contributed by atoms with Crippen LogP contribution in [0.4, 0.5) is 0 Å². The van der Waals surface area contributed by atoms with Gasteiger partial charge in [-0.05, 0) is 60.5 Å². The highest BCUT2D eigenvalue weighted by Crippen LogP contribution is 2.30. The molecule has 36 heavy (non-hydrogen) atoms. The Labute approximate surface area is 220 Å². The Kier molecular flexibility index (Phi) is 9.95. The summed E-state index contributed by atoms with van der Waals surface area (Å²) in [5.74, 6) is -0.760. The van der Waals surface area contributed by atoms with Gasteiger partial charge in [0.2, 0.25) is 10.0 Å². The Hall–Kier alpha value is -2.85. The van der Waals surface area contributed by atoms with Gasteiger partial charge in [0.05, 0.1) is 23.3 Å². The molecule has 2 aromatic carbocycles. The van der Waals surface area contributed by atoms with Crippen LogP contribution in [0.25, 0.3) is 0 Å². The largest absolute Gasteiger partial charge is 0.468 e. The number of carbonyl (C=O) groups excluding carboxylic acids is 2. The predicted octanol–water partition coefficient (Wildman–Crippen LogP) is 4.92. The first-order valence-electron chi connectivity index (χ1n) is 11.2. The van der Waals surface area contributed by atoms with E-state index in [0.717, 1.165) is 18.4 Å². The second-order valence-electron chi connectivity index (χ2n) is 7.96. The molecule has 0 bridgehead atoms. The Morgan fingerprint density at radius 2 is 1.83 bits per heavy atom. The molecule has 1 unspecified atom stereocenters. The number of carbonyl (C=O) groups is 2. The number of furan rings is 1. The van der Waals surface area contributed by atoms with E-state index < -0.39 is 28.5 Å². The van der Waals surface area contributed by atoms with Gasteiger partial charge in [-0.2, -0.15) is 0 Å². The highest BCUT2D eigenvalue weighted by atomic mass is 35.5. The molecule has 1 atom stereocenters. The Bertz CT molecular complexity index is 1280. The van der Waals surface area contributed by atoms with Crippen molar-refractivity contribution in [3.63, 3.8) is 0 Å². The zero-order valence-electron chi connectivity index (χ0n) is 19.5. The fraction of sp³-hybridized carbons (Fsp3) is 0.280. The van der Waals surface area contributed by atoms with Crippen molar-refractivity contribution in [3.8, 4) is 0 Å². The second kappa shape index (κ2) is 12.9. The minimum absolute atomic E-state index is 0.00241. The molecule has 1 heterocycles. The summed E-state index contributed by atoms with van der Waals surface area (Å²) in [6, 6.07) is 13.8. The summed E-state index contributed by atoms with van der Waals surface area (Å²) in [6.07, 6.45) is 3.13. The molecule has 0 aliphatic heterocycles. The van der Waals surface area contributed by atoms with Crippen molar-refractivity contribution in [1.29, 1.82) is 0 Å². The highest BCUT2D eigenvalue weighted by Gasteiger charge is 2.18. The van der Waals surface area contributed by atoms with Crippen molar-refractivity contribution in [2.24, 2.45) is 0 Å². The van der Waals surface area contributed by atoms with Crippen LogP contribution in [0.2, 0.25) is 10.0 Å². The Morgan fingerprint density at radius 3 is 2.47 bits per heavy atom. The topological polar surface area (TPSA) is 115 Å². The van der Waals surface area contributed by atoms with Crippen LogP contribution in [0, 0.1) is 0 Å². The van der Waals surface area contributed by atoms with Gasteiger partial charge >= 0.3 is 5.97 Å². The summed E-state index contributed by atoms with van der Waals surface area (Å²) in [5, 5.41) is 3.83. The summed E-state index contributed by atoms with van der Waals surface area (Å²) < 4.78 is 37.4. The summed E-state index contributed by atoms with van der Waals surface area (Å²) in [7, 11) is -3.80. The van der Waals surface area contributed by atoms with E-state index >= 15 is 0 Å². The van der Waals surface area contributed by atoms with Crippen LogP contribution >= 0.6 is 23.2 Å². The SMILES string of the molecule is CCCC(CNC(=O)COC(=O)c1ccc(S(=O)(=O)NCc2ccco2)cc1)c1ccc(Cl)cc1Cl. The van der Waals surface area contributed by atoms with Crippen LogP contribution in [0.1, 0.15) is 47.4 Å². The van der Waals surface area contributed by atoms with E-state index in [1.807, 2.05) is 13.0 Å². The molecule has 192 valence electrons. The molecule has 1 aromatic heterocycles. The van der Waals surface area contributed by atoms with Crippen LogP contribution in [0.3, 0.4) is 0 Å². The number of amides is 1. The fourth-order valence-corrected chi connectivity index (χ4v) is 5.04. The maximum atomic E-state index is 12.4. The van der Waals surface area contributed by atoms with Crippen LogP contribution in [0.5, 0.6) is 0 Å². The monoisotopic (exact) mass is 552 g/mol. The number of hydrogen-bond donors (Lipinski definition) is 2. The van der Waals surface area contributed by atoms with Gasteiger partial charge in [0, 0.05) is 22.5 Å². The molecule has 0 fully saturated rings. The van der Waals surface area contributed by atoms with E-state index in [1.165, 1.54) is 30.5 Å². The summed E-state index contributed by atoms with van der Waals surface area (Å²) >= 11 is 12.3. The third kappa shape index (κ3) is 7.83. The number of sulfonamides is 1. The lowest BCUT2D eigenvalue weighted by Crippen LogP contribution is -2.32. The van der Waals surface area contributed by atoms with E-state index in [2.05, 4.69) is 10.0 Å². The molecule has 0 aliphatic carbocycles. The van der Waals surface area contributed by atoms with Gasteiger partial charge in [-0.1, -0.05) is 42.6 Å². The number of halogens is 2. The van der Waals surface area contributed by atoms with E-state index in [0.29, 0.717) is 22.4 Å². The van der Waals surface area contributed by atoms with E-state index in [-0.39, 0.29) is 22.9 Å². The normalized spacial score (nSPS) is 12.2. The van der Waals surface area contributed by atoms with Crippen molar-refractivity contribution in [2.45, 2.75) is 37.1 Å². The lowest BCUT2D eigenvalue weighted by atomic mass is 9.94.